The summed E-state index contributed by atoms with van der Waals surface area (Å²) >= 11 is 1.64. The van der Waals surface area contributed by atoms with Crippen LogP contribution in [0.1, 0.15) is 5.56 Å². The molecule has 0 atom stereocenters. The smallest absolute Gasteiger partial charge is 0.126 e. The molecule has 0 saturated carbocycles. The summed E-state index contributed by atoms with van der Waals surface area (Å²) in [6, 6.07) is 23.6. The lowest BCUT2D eigenvalue weighted by molar-refractivity contribution is 0.619. The minimum Gasteiger partial charge on any atom is -0.236 e. The van der Waals surface area contributed by atoms with Crippen LogP contribution >= 0.6 is 11.3 Å². The van der Waals surface area contributed by atoms with Gasteiger partial charge in [-0.3, -0.25) is 0 Å². The molecule has 0 aliphatic heterocycles. The van der Waals surface area contributed by atoms with E-state index in [1.165, 1.54) is 6.07 Å². The molecule has 0 fully saturated rings. The Bertz CT molecular complexity index is 1020. The van der Waals surface area contributed by atoms with Crippen LogP contribution < -0.4 is 0 Å². The van der Waals surface area contributed by atoms with Crippen molar-refractivity contribution in [1.82, 2.24) is 4.98 Å². The van der Waals surface area contributed by atoms with Crippen molar-refractivity contribution >= 4 is 11.3 Å². The van der Waals surface area contributed by atoms with Crippen molar-refractivity contribution in [2.45, 2.75) is 6.92 Å². The van der Waals surface area contributed by atoms with E-state index in [9.17, 15) is 4.39 Å². The third kappa shape index (κ3) is 3.24. The zero-order valence-electron chi connectivity index (χ0n) is 13.7. The van der Waals surface area contributed by atoms with Gasteiger partial charge < -0.3 is 0 Å². The summed E-state index contributed by atoms with van der Waals surface area (Å²) in [6.45, 7) is 1.79. The van der Waals surface area contributed by atoms with Crippen molar-refractivity contribution in [2.75, 3.05) is 0 Å². The monoisotopic (exact) mass is 345 g/mol. The van der Waals surface area contributed by atoms with Crippen LogP contribution in [0.4, 0.5) is 4.39 Å². The molecule has 4 rings (SSSR count). The van der Waals surface area contributed by atoms with E-state index in [4.69, 9.17) is 4.98 Å². The van der Waals surface area contributed by atoms with E-state index in [0.717, 1.165) is 33.0 Å². The fourth-order valence-corrected chi connectivity index (χ4v) is 3.64. The van der Waals surface area contributed by atoms with Crippen LogP contribution in [-0.4, -0.2) is 4.98 Å². The van der Waals surface area contributed by atoms with Crippen molar-refractivity contribution in [1.29, 1.82) is 0 Å². The first-order chi connectivity index (χ1) is 12.2. The molecule has 0 bridgehead atoms. The maximum Gasteiger partial charge on any atom is 0.126 e. The number of rotatable bonds is 3. The highest BCUT2D eigenvalue weighted by atomic mass is 32.1. The lowest BCUT2D eigenvalue weighted by Crippen LogP contribution is -1.86. The Labute approximate surface area is 150 Å². The lowest BCUT2D eigenvalue weighted by Gasteiger charge is -2.06. The highest BCUT2D eigenvalue weighted by Crippen LogP contribution is 2.31. The van der Waals surface area contributed by atoms with Gasteiger partial charge in [0.15, 0.2) is 0 Å². The van der Waals surface area contributed by atoms with E-state index >= 15 is 0 Å². The van der Waals surface area contributed by atoms with Gasteiger partial charge in [0.1, 0.15) is 10.8 Å². The summed E-state index contributed by atoms with van der Waals surface area (Å²) in [5, 5.41) is 3.09. The van der Waals surface area contributed by atoms with Gasteiger partial charge in [0.05, 0.1) is 5.69 Å². The van der Waals surface area contributed by atoms with E-state index in [0.29, 0.717) is 5.56 Å². The topological polar surface area (TPSA) is 12.9 Å². The molecule has 0 saturated heterocycles. The van der Waals surface area contributed by atoms with Crippen LogP contribution in [0.2, 0.25) is 0 Å². The summed E-state index contributed by atoms with van der Waals surface area (Å²) < 4.78 is 13.5. The summed E-state index contributed by atoms with van der Waals surface area (Å²) in [5.74, 6) is -0.174. The molecule has 0 N–H and O–H groups in total. The maximum absolute atomic E-state index is 13.5. The molecule has 3 heteroatoms. The van der Waals surface area contributed by atoms with Crippen LogP contribution in [0.25, 0.3) is 33.0 Å². The molecule has 0 aliphatic carbocycles. The first-order valence-corrected chi connectivity index (χ1v) is 8.96. The molecule has 1 heterocycles. The van der Waals surface area contributed by atoms with Crippen LogP contribution in [-0.2, 0) is 0 Å². The fraction of sp³-hybridized carbons (Fsp3) is 0.0455. The lowest BCUT2D eigenvalue weighted by atomic mass is 10.0. The van der Waals surface area contributed by atoms with Gasteiger partial charge >= 0.3 is 0 Å². The van der Waals surface area contributed by atoms with E-state index < -0.39 is 0 Å². The van der Waals surface area contributed by atoms with Crippen molar-refractivity contribution in [3.05, 3.63) is 89.6 Å². The average molecular weight is 345 g/mol. The van der Waals surface area contributed by atoms with E-state index in [1.54, 1.807) is 18.3 Å². The first-order valence-electron chi connectivity index (χ1n) is 8.08. The molecule has 0 aliphatic rings. The van der Waals surface area contributed by atoms with Crippen LogP contribution in [0.15, 0.2) is 78.2 Å². The van der Waals surface area contributed by atoms with E-state index in [-0.39, 0.29) is 5.82 Å². The van der Waals surface area contributed by atoms with Gasteiger partial charge in [-0.1, -0.05) is 54.6 Å². The Hall–Kier alpha value is -2.78. The highest BCUT2D eigenvalue weighted by molar-refractivity contribution is 7.13. The minimum absolute atomic E-state index is 0.174. The van der Waals surface area contributed by atoms with E-state index in [2.05, 4.69) is 29.6 Å². The first kappa shape index (κ1) is 15.7. The Morgan fingerprint density at radius 1 is 0.760 bits per heavy atom. The van der Waals surface area contributed by atoms with Crippen molar-refractivity contribution in [3.8, 4) is 33.0 Å². The second kappa shape index (κ2) is 6.61. The van der Waals surface area contributed by atoms with E-state index in [1.807, 2.05) is 42.5 Å². The Morgan fingerprint density at radius 2 is 1.48 bits per heavy atom. The fourth-order valence-electron chi connectivity index (χ4n) is 2.80. The number of nitrogens with zero attached hydrogens (tertiary/aromatic N) is 1. The number of hydrogen-bond acceptors (Lipinski definition) is 2. The molecule has 0 radical (unpaired) electrons. The standard InChI is InChI=1S/C22H16FNS/c1-15-12-18(10-11-20(15)23)17-8-5-9-19(13-17)21-14-25-22(24-21)16-6-3-2-4-7-16/h2-14H,1H3. The van der Waals surface area contributed by atoms with Gasteiger partial charge in [-0.25, -0.2) is 9.37 Å². The van der Waals surface area contributed by atoms with Crippen LogP contribution in [0, 0.1) is 12.7 Å². The van der Waals surface area contributed by atoms with Crippen molar-refractivity contribution in [2.24, 2.45) is 0 Å². The molecule has 0 unspecified atom stereocenters. The molecule has 122 valence electrons. The molecular weight excluding hydrogens is 329 g/mol. The van der Waals surface area contributed by atoms with Crippen molar-refractivity contribution < 1.29 is 4.39 Å². The molecule has 1 nitrogen and oxygen atoms in total. The number of hydrogen-bond donors (Lipinski definition) is 0. The van der Waals surface area contributed by atoms with Gasteiger partial charge in [-0.15, -0.1) is 11.3 Å². The van der Waals surface area contributed by atoms with Gasteiger partial charge in [0, 0.05) is 16.5 Å². The summed E-state index contributed by atoms with van der Waals surface area (Å²) in [7, 11) is 0. The number of benzene rings is 3. The Morgan fingerprint density at radius 3 is 2.28 bits per heavy atom. The zero-order valence-corrected chi connectivity index (χ0v) is 14.6. The maximum atomic E-state index is 13.5. The number of thiazole rings is 1. The van der Waals surface area contributed by atoms with Gasteiger partial charge in [-0.05, 0) is 41.8 Å². The van der Waals surface area contributed by atoms with Crippen LogP contribution in [0.5, 0.6) is 0 Å². The third-order valence-corrected chi connectivity index (χ3v) is 5.07. The summed E-state index contributed by atoms with van der Waals surface area (Å²) in [4.78, 5) is 4.78. The van der Waals surface area contributed by atoms with Gasteiger partial charge in [0.2, 0.25) is 0 Å². The summed E-state index contributed by atoms with van der Waals surface area (Å²) in [5.41, 5.74) is 5.89. The Balaban J connectivity index is 1.70. The van der Waals surface area contributed by atoms with Gasteiger partial charge in [-0.2, -0.15) is 0 Å². The summed E-state index contributed by atoms with van der Waals surface area (Å²) in [6.07, 6.45) is 0. The number of halogens is 1. The quantitative estimate of drug-likeness (QED) is 0.408. The second-order valence-electron chi connectivity index (χ2n) is 5.95. The Kier molecular flexibility index (Phi) is 4.16. The second-order valence-corrected chi connectivity index (χ2v) is 6.81. The number of aryl methyl sites for hydroxylation is 1. The minimum atomic E-state index is -0.174. The van der Waals surface area contributed by atoms with Crippen LogP contribution in [0.3, 0.4) is 0 Å². The SMILES string of the molecule is Cc1cc(-c2cccc(-c3csc(-c4ccccc4)n3)c2)ccc1F. The predicted octanol–water partition coefficient (Wildman–Crippen LogP) is 6.59. The van der Waals surface area contributed by atoms with Gasteiger partial charge in [0.25, 0.3) is 0 Å². The highest BCUT2D eigenvalue weighted by Gasteiger charge is 2.08. The third-order valence-electron chi connectivity index (χ3n) is 4.17. The normalized spacial score (nSPS) is 10.8. The molecule has 0 spiro atoms. The number of aromatic nitrogens is 1. The predicted molar refractivity (Wildman–Crippen MR) is 103 cm³/mol. The average Bonchev–Trinajstić information content (AvgIpc) is 3.15. The molecule has 3 aromatic carbocycles. The van der Waals surface area contributed by atoms with Crippen molar-refractivity contribution in [3.63, 3.8) is 0 Å². The largest absolute Gasteiger partial charge is 0.236 e. The zero-order chi connectivity index (χ0) is 17.2. The molecule has 1 aromatic heterocycles. The molecule has 4 aromatic rings. The molecule has 0 amide bonds. The molecular formula is C22H16FNS. The molecule has 25 heavy (non-hydrogen) atoms.